The highest BCUT2D eigenvalue weighted by atomic mass is 32.2. The molecule has 1 aromatic rings. The van der Waals surface area contributed by atoms with E-state index in [1.807, 2.05) is 6.07 Å². The molecule has 3 heterocycles. The van der Waals surface area contributed by atoms with E-state index in [0.29, 0.717) is 5.69 Å². The molecule has 2 aliphatic rings. The molecule has 0 unspecified atom stereocenters. The summed E-state index contributed by atoms with van der Waals surface area (Å²) in [5.74, 6) is -2.79. The van der Waals surface area contributed by atoms with Gasteiger partial charge in [0.2, 0.25) is 0 Å². The second-order valence-electron chi connectivity index (χ2n) is 6.29. The molecular formula is C19H17N5O4S. The minimum Gasteiger partial charge on any atom is -0.465 e. The first-order valence-corrected chi connectivity index (χ1v) is 9.21. The first kappa shape index (κ1) is 20.2. The van der Waals surface area contributed by atoms with Crippen LogP contribution in [0.4, 0.5) is 0 Å². The molecule has 0 radical (unpaired) electrons. The molecule has 3 rings (SSSR count). The number of nitrogens with zero attached hydrogens (tertiary/aromatic N) is 4. The number of thioether (sulfide) groups is 1. The number of methoxy groups -OCH3 is 1. The van der Waals surface area contributed by atoms with Crippen LogP contribution in [0.5, 0.6) is 0 Å². The van der Waals surface area contributed by atoms with Crippen molar-refractivity contribution in [2.75, 3.05) is 21.2 Å². The quantitative estimate of drug-likeness (QED) is 0.723. The number of aromatic nitrogens is 1. The van der Waals surface area contributed by atoms with Crippen LogP contribution in [0.15, 0.2) is 57.4 Å². The molecule has 9 nitrogen and oxygen atoms in total. The lowest BCUT2D eigenvalue weighted by Gasteiger charge is -2.37. The van der Waals surface area contributed by atoms with Gasteiger partial charge in [0.15, 0.2) is 0 Å². The molecule has 1 aromatic heterocycles. The van der Waals surface area contributed by atoms with E-state index in [1.54, 1.807) is 32.3 Å². The molecular weight excluding hydrogens is 394 g/mol. The lowest BCUT2D eigenvalue weighted by atomic mass is 9.85. The fourth-order valence-electron chi connectivity index (χ4n) is 3.02. The maximum atomic E-state index is 13.1. The highest BCUT2D eigenvalue weighted by Crippen LogP contribution is 2.47. The first-order valence-electron chi connectivity index (χ1n) is 8.40. The number of fused-ring (bicyclic) bond motifs is 1. The molecule has 0 saturated carbocycles. The number of likely N-dealkylation sites (N-methyl/N-ethyl adjacent to an activating group) is 1. The maximum Gasteiger partial charge on any atom is 0.344 e. The van der Waals surface area contributed by atoms with Crippen LogP contribution in [0.2, 0.25) is 0 Å². The Bertz CT molecular complexity index is 1040. The third kappa shape index (κ3) is 3.36. The van der Waals surface area contributed by atoms with Crippen molar-refractivity contribution in [1.29, 1.82) is 5.26 Å². The van der Waals surface area contributed by atoms with Crippen molar-refractivity contribution in [3.05, 3.63) is 63.1 Å². The Kier molecular flexibility index (Phi) is 5.43. The molecule has 0 saturated heterocycles. The van der Waals surface area contributed by atoms with Gasteiger partial charge in [0, 0.05) is 26.4 Å². The van der Waals surface area contributed by atoms with Crippen LogP contribution >= 0.6 is 11.8 Å². The van der Waals surface area contributed by atoms with Crippen LogP contribution in [0.3, 0.4) is 0 Å². The largest absolute Gasteiger partial charge is 0.465 e. The number of carbonyl (C=O) groups excluding carboxylic acids is 3. The van der Waals surface area contributed by atoms with Crippen LogP contribution in [-0.2, 0) is 19.1 Å². The van der Waals surface area contributed by atoms with Crippen LogP contribution in [0.25, 0.3) is 0 Å². The normalized spacial score (nSPS) is 18.7. The van der Waals surface area contributed by atoms with Gasteiger partial charge >= 0.3 is 5.97 Å². The second kappa shape index (κ2) is 7.81. The van der Waals surface area contributed by atoms with E-state index in [1.165, 1.54) is 18.2 Å². The highest BCUT2D eigenvalue weighted by Gasteiger charge is 2.44. The summed E-state index contributed by atoms with van der Waals surface area (Å²) in [6, 6.07) is 7.11. The number of pyridine rings is 1. The van der Waals surface area contributed by atoms with Crippen molar-refractivity contribution in [2.45, 2.75) is 5.92 Å². The molecule has 0 aliphatic carbocycles. The number of hydrogen-bond acceptors (Lipinski definition) is 8. The van der Waals surface area contributed by atoms with Gasteiger partial charge in [-0.15, -0.1) is 0 Å². The van der Waals surface area contributed by atoms with Gasteiger partial charge in [-0.05, 0) is 12.1 Å². The summed E-state index contributed by atoms with van der Waals surface area (Å²) in [7, 11) is 4.30. The summed E-state index contributed by atoms with van der Waals surface area (Å²) in [5.41, 5.74) is 6.76. The molecule has 2 aliphatic heterocycles. The smallest absolute Gasteiger partial charge is 0.344 e. The Morgan fingerprint density at radius 3 is 2.66 bits per heavy atom. The molecule has 0 bridgehead atoms. The third-order valence-corrected chi connectivity index (χ3v) is 5.44. The fourth-order valence-corrected chi connectivity index (χ4v) is 4.15. The number of nitriles is 1. The number of amides is 2. The second-order valence-corrected chi connectivity index (χ2v) is 7.32. The van der Waals surface area contributed by atoms with Crippen LogP contribution in [0.1, 0.15) is 11.6 Å². The van der Waals surface area contributed by atoms with Crippen molar-refractivity contribution < 1.29 is 19.1 Å². The number of allylic oxidation sites excluding steroid dienone is 1. The molecule has 29 heavy (non-hydrogen) atoms. The van der Waals surface area contributed by atoms with Crippen LogP contribution in [0, 0.1) is 11.3 Å². The Morgan fingerprint density at radius 1 is 1.38 bits per heavy atom. The minimum absolute atomic E-state index is 0.0146. The minimum atomic E-state index is -0.889. The van der Waals surface area contributed by atoms with Crippen molar-refractivity contribution in [3.63, 3.8) is 0 Å². The Balaban J connectivity index is 2.33. The van der Waals surface area contributed by atoms with E-state index in [0.717, 1.165) is 22.7 Å². The first-order chi connectivity index (χ1) is 13.8. The monoisotopic (exact) mass is 411 g/mol. The Hall–Kier alpha value is -3.58. The maximum absolute atomic E-state index is 13.1. The zero-order valence-corrected chi connectivity index (χ0v) is 16.7. The predicted molar refractivity (Wildman–Crippen MR) is 104 cm³/mol. The van der Waals surface area contributed by atoms with Crippen molar-refractivity contribution >= 4 is 29.5 Å². The molecule has 0 aromatic carbocycles. The summed E-state index contributed by atoms with van der Waals surface area (Å²) < 4.78 is 4.72. The lowest BCUT2D eigenvalue weighted by molar-refractivity contribution is -0.135. The van der Waals surface area contributed by atoms with Crippen molar-refractivity contribution in [3.8, 4) is 6.07 Å². The van der Waals surface area contributed by atoms with Gasteiger partial charge in [-0.25, -0.2) is 4.79 Å². The average molecular weight is 411 g/mol. The summed E-state index contributed by atoms with van der Waals surface area (Å²) in [6.07, 6.45) is 2.61. The number of esters is 1. The van der Waals surface area contributed by atoms with E-state index in [4.69, 9.17) is 10.5 Å². The van der Waals surface area contributed by atoms with E-state index in [-0.39, 0.29) is 26.9 Å². The van der Waals surface area contributed by atoms with E-state index in [2.05, 4.69) is 4.98 Å². The average Bonchev–Trinajstić information content (AvgIpc) is 2.72. The SMILES string of the molecule is COC(=O)C1=CC(=O)N2C(N)=C(C#N)[C@@H](c3ccccn3)C(C(=O)N(C)C)=C2S1. The number of carbonyl (C=O) groups is 3. The van der Waals surface area contributed by atoms with Crippen LogP contribution in [-0.4, -0.2) is 53.8 Å². The third-order valence-electron chi connectivity index (χ3n) is 4.34. The summed E-state index contributed by atoms with van der Waals surface area (Å²) >= 11 is 0.893. The van der Waals surface area contributed by atoms with Crippen LogP contribution < -0.4 is 5.73 Å². The van der Waals surface area contributed by atoms with E-state index >= 15 is 0 Å². The number of nitrogens with two attached hydrogens (primary N) is 1. The zero-order chi connectivity index (χ0) is 21.3. The molecule has 0 spiro atoms. The predicted octanol–water partition coefficient (Wildman–Crippen LogP) is 0.805. The van der Waals surface area contributed by atoms with E-state index in [9.17, 15) is 19.6 Å². The summed E-state index contributed by atoms with van der Waals surface area (Å²) in [6.45, 7) is 0. The van der Waals surface area contributed by atoms with Crippen molar-refractivity contribution in [2.24, 2.45) is 5.73 Å². The van der Waals surface area contributed by atoms with Gasteiger partial charge in [0.1, 0.15) is 10.7 Å². The van der Waals surface area contributed by atoms with Gasteiger partial charge in [0.25, 0.3) is 11.8 Å². The van der Waals surface area contributed by atoms with Gasteiger partial charge in [0.05, 0.1) is 41.0 Å². The highest BCUT2D eigenvalue weighted by molar-refractivity contribution is 8.07. The standard InChI is InChI=1S/C19H17N5O4S/c1-23(2)17(26)15-14(11-6-4-5-7-22-11)10(9-20)16(21)24-13(25)8-12(19(27)28-3)29-18(15)24/h4-8,14H,21H2,1-3H3/t14-/m0/s1. The Labute approximate surface area is 171 Å². The topological polar surface area (TPSA) is 130 Å². The van der Waals surface area contributed by atoms with E-state index < -0.39 is 23.7 Å². The van der Waals surface area contributed by atoms with Gasteiger partial charge < -0.3 is 15.4 Å². The van der Waals surface area contributed by atoms with Gasteiger partial charge in [-0.2, -0.15) is 5.26 Å². The van der Waals surface area contributed by atoms with Gasteiger partial charge in [-0.1, -0.05) is 17.8 Å². The molecule has 1 atom stereocenters. The molecule has 148 valence electrons. The number of rotatable bonds is 3. The van der Waals surface area contributed by atoms with Gasteiger partial charge in [-0.3, -0.25) is 19.5 Å². The van der Waals surface area contributed by atoms with Crippen molar-refractivity contribution in [1.82, 2.24) is 14.8 Å². The zero-order valence-electron chi connectivity index (χ0n) is 15.9. The summed E-state index contributed by atoms with van der Waals surface area (Å²) in [5, 5.41) is 9.94. The molecule has 0 fully saturated rings. The lowest BCUT2D eigenvalue weighted by Crippen LogP contribution is -2.42. The molecule has 2 amide bonds. The molecule has 10 heteroatoms. The summed E-state index contributed by atoms with van der Waals surface area (Å²) in [4.78, 5) is 44.6. The number of ether oxygens (including phenoxy) is 1. The molecule has 2 N–H and O–H groups in total. The number of hydrogen-bond donors (Lipinski definition) is 1. The Morgan fingerprint density at radius 2 is 2.10 bits per heavy atom. The fraction of sp³-hybridized carbons (Fsp3) is 0.211.